The zero-order valence-electron chi connectivity index (χ0n) is 23.5. The number of fused-ring (bicyclic) bond motifs is 1. The van der Waals surface area contributed by atoms with Crippen LogP contribution in [-0.2, 0) is 4.79 Å². The molecule has 0 radical (unpaired) electrons. The minimum atomic E-state index is -0.508. The third-order valence-electron chi connectivity index (χ3n) is 7.45. The van der Waals surface area contributed by atoms with Crippen LogP contribution in [0, 0.1) is 6.92 Å². The molecule has 9 nitrogen and oxygen atoms in total. The maximum atomic E-state index is 14.0. The second-order valence-corrected chi connectivity index (χ2v) is 10.9. The van der Waals surface area contributed by atoms with E-state index in [1.807, 2.05) is 44.7 Å². The van der Waals surface area contributed by atoms with Gasteiger partial charge >= 0.3 is 5.69 Å². The van der Waals surface area contributed by atoms with Gasteiger partial charge in [0.25, 0.3) is 0 Å². The standard InChI is InChI=1S/C31H31ClN6O3/c1-6-25(40)36-13-14-37(20(5)16-36)29-23-15-24(32)27(22-10-8-7-9-21(22)17-39)34-30(23)38(31(41)35-29)28-19(4)11-12-33-26(28)18(2)3/h6-12,15,17-18,20H,1,13-14,16H2,2-5H3. The number of piperazine rings is 1. The van der Waals surface area contributed by atoms with Crippen LogP contribution in [0.5, 0.6) is 0 Å². The van der Waals surface area contributed by atoms with Gasteiger partial charge in [0.15, 0.2) is 11.9 Å². The lowest BCUT2D eigenvalue weighted by Crippen LogP contribution is -2.54. The zero-order valence-corrected chi connectivity index (χ0v) is 24.2. The quantitative estimate of drug-likeness (QED) is 0.238. The highest BCUT2D eigenvalue weighted by atomic mass is 35.5. The molecule has 1 saturated heterocycles. The predicted molar refractivity (Wildman–Crippen MR) is 161 cm³/mol. The maximum Gasteiger partial charge on any atom is 0.355 e. The average molecular weight is 571 g/mol. The molecule has 1 unspecified atom stereocenters. The Morgan fingerprint density at radius 3 is 2.61 bits per heavy atom. The lowest BCUT2D eigenvalue weighted by Gasteiger charge is -2.40. The van der Waals surface area contributed by atoms with Crippen molar-refractivity contribution < 1.29 is 9.59 Å². The fourth-order valence-electron chi connectivity index (χ4n) is 5.42. The molecule has 3 aromatic heterocycles. The summed E-state index contributed by atoms with van der Waals surface area (Å²) >= 11 is 6.86. The highest BCUT2D eigenvalue weighted by Gasteiger charge is 2.30. The smallest absolute Gasteiger partial charge is 0.350 e. The molecule has 10 heteroatoms. The number of anilines is 1. The minimum absolute atomic E-state index is 0.0181. The summed E-state index contributed by atoms with van der Waals surface area (Å²) in [5.74, 6) is 0.322. The Hall–Kier alpha value is -4.37. The number of hydrogen-bond donors (Lipinski definition) is 0. The van der Waals surface area contributed by atoms with E-state index < -0.39 is 5.69 Å². The molecule has 41 heavy (non-hydrogen) atoms. The number of aldehydes is 1. The highest BCUT2D eigenvalue weighted by molar-refractivity contribution is 6.34. The monoisotopic (exact) mass is 570 g/mol. The van der Waals surface area contributed by atoms with Crippen LogP contribution in [-0.4, -0.2) is 62.3 Å². The number of rotatable bonds is 6. The molecule has 1 aliphatic rings. The van der Waals surface area contributed by atoms with Crippen LogP contribution in [0.25, 0.3) is 28.0 Å². The summed E-state index contributed by atoms with van der Waals surface area (Å²) < 4.78 is 1.50. The van der Waals surface area contributed by atoms with Crippen LogP contribution in [0.2, 0.25) is 5.02 Å². The van der Waals surface area contributed by atoms with Gasteiger partial charge in [0.2, 0.25) is 5.91 Å². The van der Waals surface area contributed by atoms with Gasteiger partial charge in [-0.15, -0.1) is 0 Å². The summed E-state index contributed by atoms with van der Waals surface area (Å²) in [4.78, 5) is 56.1. The Kier molecular flexibility index (Phi) is 7.73. The van der Waals surface area contributed by atoms with E-state index in [0.29, 0.717) is 64.0 Å². The molecule has 1 aliphatic heterocycles. The fraction of sp³-hybridized carbons (Fsp3) is 0.290. The van der Waals surface area contributed by atoms with Crippen molar-refractivity contribution in [3.63, 3.8) is 0 Å². The zero-order chi connectivity index (χ0) is 29.4. The first-order valence-corrected chi connectivity index (χ1v) is 13.9. The van der Waals surface area contributed by atoms with Gasteiger partial charge in [0, 0.05) is 43.0 Å². The molecule has 0 saturated carbocycles. The number of aryl methyl sites for hydroxylation is 1. The van der Waals surface area contributed by atoms with Gasteiger partial charge in [-0.25, -0.2) is 14.3 Å². The van der Waals surface area contributed by atoms with Crippen molar-refractivity contribution in [3.8, 4) is 16.9 Å². The van der Waals surface area contributed by atoms with E-state index in [1.54, 1.807) is 35.4 Å². The number of hydrogen-bond acceptors (Lipinski definition) is 7. The van der Waals surface area contributed by atoms with Crippen LogP contribution in [0.3, 0.4) is 0 Å². The van der Waals surface area contributed by atoms with Gasteiger partial charge in [-0.3, -0.25) is 14.6 Å². The summed E-state index contributed by atoms with van der Waals surface area (Å²) in [6.45, 7) is 12.9. The molecule has 1 aromatic carbocycles. The summed E-state index contributed by atoms with van der Waals surface area (Å²) in [6.07, 6.45) is 3.80. The van der Waals surface area contributed by atoms with Crippen LogP contribution in [0.1, 0.15) is 48.3 Å². The van der Waals surface area contributed by atoms with Crippen molar-refractivity contribution in [2.75, 3.05) is 24.5 Å². The third-order valence-corrected chi connectivity index (χ3v) is 7.74. The van der Waals surface area contributed by atoms with Crippen molar-refractivity contribution in [1.82, 2.24) is 24.4 Å². The normalized spacial score (nSPS) is 15.4. The van der Waals surface area contributed by atoms with Crippen molar-refractivity contribution in [2.45, 2.75) is 39.7 Å². The van der Waals surface area contributed by atoms with Gasteiger partial charge in [-0.05, 0) is 43.5 Å². The number of nitrogens with zero attached hydrogens (tertiary/aromatic N) is 6. The number of aromatic nitrogens is 4. The van der Waals surface area contributed by atoms with E-state index in [0.717, 1.165) is 17.5 Å². The summed E-state index contributed by atoms with van der Waals surface area (Å²) in [7, 11) is 0. The number of amides is 1. The van der Waals surface area contributed by atoms with E-state index in [4.69, 9.17) is 16.6 Å². The molecular formula is C31H31ClN6O3. The topological polar surface area (TPSA) is 101 Å². The average Bonchev–Trinajstić information content (AvgIpc) is 2.96. The van der Waals surface area contributed by atoms with E-state index in [1.165, 1.54) is 10.6 Å². The molecule has 210 valence electrons. The lowest BCUT2D eigenvalue weighted by molar-refractivity contribution is -0.126. The van der Waals surface area contributed by atoms with Gasteiger partial charge in [-0.2, -0.15) is 4.98 Å². The Bertz CT molecular complexity index is 1750. The molecule has 4 heterocycles. The number of pyridine rings is 2. The van der Waals surface area contributed by atoms with E-state index in [2.05, 4.69) is 16.5 Å². The molecule has 0 bridgehead atoms. The van der Waals surface area contributed by atoms with Gasteiger partial charge in [-0.1, -0.05) is 56.3 Å². The number of carbonyl (C=O) groups excluding carboxylic acids is 2. The van der Waals surface area contributed by atoms with Crippen molar-refractivity contribution in [1.29, 1.82) is 0 Å². The maximum absolute atomic E-state index is 14.0. The van der Waals surface area contributed by atoms with Crippen molar-refractivity contribution in [3.05, 3.63) is 87.6 Å². The first-order valence-electron chi connectivity index (χ1n) is 13.5. The van der Waals surface area contributed by atoms with Crippen LogP contribution in [0.15, 0.2) is 60.0 Å². The molecule has 1 atom stereocenters. The Balaban J connectivity index is 1.82. The van der Waals surface area contributed by atoms with E-state index in [9.17, 15) is 14.4 Å². The Morgan fingerprint density at radius 1 is 1.17 bits per heavy atom. The van der Waals surface area contributed by atoms with E-state index >= 15 is 0 Å². The first-order chi connectivity index (χ1) is 19.7. The SMILES string of the molecule is C=CC(=O)N1CCN(c2nc(=O)n(-c3c(C)ccnc3C(C)C)c3nc(-c4ccccc4C=O)c(Cl)cc23)C(C)C1. The molecule has 1 fully saturated rings. The largest absolute Gasteiger partial charge is 0.355 e. The van der Waals surface area contributed by atoms with Gasteiger partial charge in [0.05, 0.1) is 27.5 Å². The summed E-state index contributed by atoms with van der Waals surface area (Å²) in [6, 6.07) is 10.5. The molecule has 0 N–H and O–H groups in total. The number of benzene rings is 1. The third kappa shape index (κ3) is 5.02. The number of halogens is 1. The highest BCUT2D eigenvalue weighted by Crippen LogP contribution is 2.36. The Morgan fingerprint density at radius 2 is 1.93 bits per heavy atom. The molecule has 0 spiro atoms. The molecular weight excluding hydrogens is 540 g/mol. The lowest BCUT2D eigenvalue weighted by atomic mass is 10.0. The van der Waals surface area contributed by atoms with Crippen molar-refractivity contribution in [2.24, 2.45) is 0 Å². The predicted octanol–water partition coefficient (Wildman–Crippen LogP) is 4.96. The fourth-order valence-corrected chi connectivity index (χ4v) is 5.67. The molecule has 1 amide bonds. The summed E-state index contributed by atoms with van der Waals surface area (Å²) in [5, 5.41) is 0.899. The van der Waals surface area contributed by atoms with E-state index in [-0.39, 0.29) is 17.9 Å². The Labute approximate surface area is 243 Å². The van der Waals surface area contributed by atoms with Gasteiger partial charge < -0.3 is 9.80 Å². The van der Waals surface area contributed by atoms with Crippen LogP contribution >= 0.6 is 11.6 Å². The molecule has 0 aliphatic carbocycles. The van der Waals surface area contributed by atoms with Crippen molar-refractivity contribution >= 4 is 40.6 Å². The number of carbonyl (C=O) groups is 2. The molecule has 4 aromatic rings. The second-order valence-electron chi connectivity index (χ2n) is 10.5. The first kappa shape index (κ1) is 28.2. The van der Waals surface area contributed by atoms with Crippen LogP contribution in [0.4, 0.5) is 5.82 Å². The minimum Gasteiger partial charge on any atom is -0.350 e. The van der Waals surface area contributed by atoms with Gasteiger partial charge in [0.1, 0.15) is 5.82 Å². The second kappa shape index (κ2) is 11.2. The van der Waals surface area contributed by atoms with Crippen LogP contribution < -0.4 is 10.6 Å². The molecule has 5 rings (SSSR count). The summed E-state index contributed by atoms with van der Waals surface area (Å²) in [5.41, 5.74) is 3.43.